The Bertz CT molecular complexity index is 1030. The van der Waals surface area contributed by atoms with Crippen LogP contribution in [0.15, 0.2) is 54.6 Å². The van der Waals surface area contributed by atoms with E-state index in [0.717, 1.165) is 51.7 Å². The molecule has 0 saturated carbocycles. The second kappa shape index (κ2) is 9.30. The number of fused-ring (bicyclic) bond motifs is 3. The van der Waals surface area contributed by atoms with Crippen molar-refractivity contribution >= 4 is 16.8 Å². The van der Waals surface area contributed by atoms with Crippen molar-refractivity contribution in [3.63, 3.8) is 0 Å². The van der Waals surface area contributed by atoms with Crippen LogP contribution in [0.1, 0.15) is 63.3 Å². The van der Waals surface area contributed by atoms with Gasteiger partial charge in [0.1, 0.15) is 0 Å². The number of carbonyl (C=O) groups excluding carboxylic acids is 1. The molecule has 1 aliphatic rings. The summed E-state index contributed by atoms with van der Waals surface area (Å²) >= 11 is 0. The third-order valence-corrected chi connectivity index (χ3v) is 6.53. The first-order valence-corrected chi connectivity index (χ1v) is 11.8. The van der Waals surface area contributed by atoms with E-state index in [0.29, 0.717) is 17.7 Å². The van der Waals surface area contributed by atoms with Gasteiger partial charge in [-0.1, -0.05) is 69.3 Å². The van der Waals surface area contributed by atoms with Crippen molar-refractivity contribution in [3.8, 4) is 0 Å². The van der Waals surface area contributed by atoms with E-state index in [2.05, 4.69) is 84.8 Å². The lowest BCUT2D eigenvalue weighted by molar-refractivity contribution is -0.132. The van der Waals surface area contributed by atoms with E-state index in [9.17, 15) is 4.79 Å². The van der Waals surface area contributed by atoms with Crippen LogP contribution < -0.4 is 0 Å². The summed E-state index contributed by atoms with van der Waals surface area (Å²) in [5, 5.41) is 1.37. The molecule has 0 unspecified atom stereocenters. The molecular formula is C28H36N2O. The predicted octanol–water partition coefficient (Wildman–Crippen LogP) is 6.38. The predicted molar refractivity (Wildman–Crippen MR) is 129 cm³/mol. The van der Waals surface area contributed by atoms with Crippen LogP contribution in [0, 0.1) is 5.41 Å². The van der Waals surface area contributed by atoms with Crippen molar-refractivity contribution in [1.82, 2.24) is 9.47 Å². The Morgan fingerprint density at radius 3 is 2.48 bits per heavy atom. The molecule has 0 saturated heterocycles. The SMILES string of the molecule is CC(C)(C)CCCC(=O)N1CCc2c(n(CCCc3ccccc3)c3ccccc23)C1. The number of amides is 1. The Morgan fingerprint density at radius 2 is 1.71 bits per heavy atom. The lowest BCUT2D eigenvalue weighted by atomic mass is 9.90. The second-order valence-corrected chi connectivity index (χ2v) is 10.2. The highest BCUT2D eigenvalue weighted by Crippen LogP contribution is 2.32. The minimum atomic E-state index is 0.292. The summed E-state index contributed by atoms with van der Waals surface area (Å²) in [4.78, 5) is 15.0. The number of hydrogen-bond donors (Lipinski definition) is 0. The average Bonchev–Trinajstić information content (AvgIpc) is 3.07. The number of carbonyl (C=O) groups is 1. The zero-order valence-electron chi connectivity index (χ0n) is 19.4. The number of hydrogen-bond acceptors (Lipinski definition) is 1. The fraction of sp³-hybridized carbons (Fsp3) is 0.464. The molecule has 0 aliphatic carbocycles. The maximum absolute atomic E-state index is 12.9. The number of rotatable bonds is 7. The van der Waals surface area contributed by atoms with Crippen LogP contribution in [0.4, 0.5) is 0 Å². The van der Waals surface area contributed by atoms with Gasteiger partial charge in [-0.15, -0.1) is 0 Å². The molecule has 1 amide bonds. The molecule has 0 fully saturated rings. The molecule has 2 aromatic carbocycles. The largest absolute Gasteiger partial charge is 0.343 e. The Morgan fingerprint density at radius 1 is 0.968 bits per heavy atom. The van der Waals surface area contributed by atoms with E-state index in [-0.39, 0.29) is 0 Å². The van der Waals surface area contributed by atoms with Gasteiger partial charge in [0.2, 0.25) is 5.91 Å². The Balaban J connectivity index is 1.49. The van der Waals surface area contributed by atoms with Crippen LogP contribution in [0.25, 0.3) is 10.9 Å². The van der Waals surface area contributed by atoms with Gasteiger partial charge in [0, 0.05) is 36.1 Å². The van der Waals surface area contributed by atoms with Gasteiger partial charge in [0.15, 0.2) is 0 Å². The first kappa shape index (κ1) is 21.7. The van der Waals surface area contributed by atoms with E-state index in [4.69, 9.17) is 0 Å². The van der Waals surface area contributed by atoms with Crippen LogP contribution >= 0.6 is 0 Å². The van der Waals surface area contributed by atoms with Crippen molar-refractivity contribution in [2.45, 2.75) is 72.4 Å². The van der Waals surface area contributed by atoms with Gasteiger partial charge in [-0.2, -0.15) is 0 Å². The monoisotopic (exact) mass is 416 g/mol. The molecule has 3 aromatic rings. The highest BCUT2D eigenvalue weighted by atomic mass is 16.2. The van der Waals surface area contributed by atoms with Gasteiger partial charge in [0.25, 0.3) is 0 Å². The number of benzene rings is 2. The van der Waals surface area contributed by atoms with Gasteiger partial charge in [-0.05, 0) is 54.7 Å². The van der Waals surface area contributed by atoms with Crippen molar-refractivity contribution < 1.29 is 4.79 Å². The van der Waals surface area contributed by atoms with E-state index >= 15 is 0 Å². The lowest BCUT2D eigenvalue weighted by Gasteiger charge is -2.29. The van der Waals surface area contributed by atoms with Crippen molar-refractivity contribution in [2.75, 3.05) is 6.54 Å². The molecule has 0 radical (unpaired) electrons. The van der Waals surface area contributed by atoms with Crippen LogP contribution in [0.2, 0.25) is 0 Å². The maximum Gasteiger partial charge on any atom is 0.222 e. The van der Waals surface area contributed by atoms with Gasteiger partial charge in [0.05, 0.1) is 6.54 Å². The Labute approximate surface area is 187 Å². The summed E-state index contributed by atoms with van der Waals surface area (Å²) in [6.45, 7) is 9.34. The smallest absolute Gasteiger partial charge is 0.222 e. The normalized spacial score (nSPS) is 14.1. The molecule has 0 N–H and O–H groups in total. The molecule has 4 rings (SSSR count). The van der Waals surface area contributed by atoms with E-state index in [1.54, 1.807) is 0 Å². The number of aryl methyl sites for hydroxylation is 2. The van der Waals surface area contributed by atoms with Crippen molar-refractivity contribution in [2.24, 2.45) is 5.41 Å². The van der Waals surface area contributed by atoms with Gasteiger partial charge in [-0.3, -0.25) is 4.79 Å². The van der Waals surface area contributed by atoms with Crippen LogP contribution in [-0.2, 0) is 30.7 Å². The molecule has 3 heteroatoms. The van der Waals surface area contributed by atoms with Crippen molar-refractivity contribution in [1.29, 1.82) is 0 Å². The fourth-order valence-corrected chi connectivity index (χ4v) is 4.88. The van der Waals surface area contributed by atoms with Crippen LogP contribution in [0.5, 0.6) is 0 Å². The minimum absolute atomic E-state index is 0.292. The molecule has 164 valence electrons. The molecular weight excluding hydrogens is 380 g/mol. The standard InChI is InChI=1S/C28H36N2O/c1-28(2,3)18-9-16-27(31)29-20-17-24-23-14-7-8-15-25(23)30(26(24)21-29)19-10-13-22-11-5-4-6-12-22/h4-8,11-12,14-15H,9-10,13,16-21H2,1-3H3. The summed E-state index contributed by atoms with van der Waals surface area (Å²) in [6, 6.07) is 19.5. The topological polar surface area (TPSA) is 25.2 Å². The third-order valence-electron chi connectivity index (χ3n) is 6.53. The number of nitrogens with zero attached hydrogens (tertiary/aromatic N) is 2. The summed E-state index contributed by atoms with van der Waals surface area (Å²) in [5.74, 6) is 0.316. The minimum Gasteiger partial charge on any atom is -0.343 e. The molecule has 0 atom stereocenters. The first-order valence-electron chi connectivity index (χ1n) is 11.8. The molecule has 0 spiro atoms. The second-order valence-electron chi connectivity index (χ2n) is 10.2. The van der Waals surface area contributed by atoms with Crippen LogP contribution in [0.3, 0.4) is 0 Å². The van der Waals surface area contributed by atoms with E-state index < -0.39 is 0 Å². The third kappa shape index (κ3) is 5.20. The zero-order valence-corrected chi connectivity index (χ0v) is 19.4. The van der Waals surface area contributed by atoms with Gasteiger partial charge >= 0.3 is 0 Å². The van der Waals surface area contributed by atoms with E-state index in [1.165, 1.54) is 27.7 Å². The quantitative estimate of drug-likeness (QED) is 0.439. The average molecular weight is 417 g/mol. The Kier molecular flexibility index (Phi) is 6.50. The molecule has 3 nitrogen and oxygen atoms in total. The lowest BCUT2D eigenvalue weighted by Crippen LogP contribution is -2.36. The molecule has 1 aliphatic heterocycles. The Hall–Kier alpha value is -2.55. The van der Waals surface area contributed by atoms with Gasteiger partial charge in [-0.25, -0.2) is 0 Å². The van der Waals surface area contributed by atoms with Crippen LogP contribution in [-0.4, -0.2) is 21.9 Å². The summed E-state index contributed by atoms with van der Waals surface area (Å²) < 4.78 is 2.49. The summed E-state index contributed by atoms with van der Waals surface area (Å²) in [6.07, 6.45) is 5.89. The molecule has 1 aromatic heterocycles. The number of para-hydroxylation sites is 1. The zero-order chi connectivity index (χ0) is 21.8. The van der Waals surface area contributed by atoms with E-state index in [1.807, 2.05) is 0 Å². The first-order chi connectivity index (χ1) is 14.9. The number of aromatic nitrogens is 1. The fourth-order valence-electron chi connectivity index (χ4n) is 4.88. The molecule has 2 heterocycles. The maximum atomic E-state index is 12.9. The highest BCUT2D eigenvalue weighted by Gasteiger charge is 2.26. The highest BCUT2D eigenvalue weighted by molar-refractivity contribution is 5.86. The summed E-state index contributed by atoms with van der Waals surface area (Å²) in [5.41, 5.74) is 5.81. The van der Waals surface area contributed by atoms with Gasteiger partial charge < -0.3 is 9.47 Å². The molecule has 31 heavy (non-hydrogen) atoms. The molecule has 0 bridgehead atoms. The van der Waals surface area contributed by atoms with Crippen molar-refractivity contribution in [3.05, 3.63) is 71.4 Å². The summed E-state index contributed by atoms with van der Waals surface area (Å²) in [7, 11) is 0.